The molecule has 1 unspecified atom stereocenters. The molecular formula is C19H24N2O3S. The van der Waals surface area contributed by atoms with E-state index in [-0.39, 0.29) is 5.91 Å². The van der Waals surface area contributed by atoms with Crippen molar-refractivity contribution >= 4 is 23.6 Å². The van der Waals surface area contributed by atoms with Crippen LogP contribution in [-0.2, 0) is 16.1 Å². The highest BCUT2D eigenvalue weighted by atomic mass is 32.2. The van der Waals surface area contributed by atoms with Gasteiger partial charge in [-0.05, 0) is 36.6 Å². The second-order valence-corrected chi connectivity index (χ2v) is 8.51. The van der Waals surface area contributed by atoms with Crippen LogP contribution < -0.4 is 0 Å². The molecule has 1 aromatic rings. The second-order valence-electron chi connectivity index (χ2n) is 7.66. The van der Waals surface area contributed by atoms with Gasteiger partial charge in [0.25, 0.3) is 0 Å². The fraction of sp³-hybridized carbons (Fsp3) is 0.579. The number of carbonyl (C=O) groups excluding carboxylic acids is 1. The van der Waals surface area contributed by atoms with Crippen molar-refractivity contribution in [3.8, 4) is 0 Å². The molecule has 1 aromatic carbocycles. The molecule has 2 atom stereocenters. The minimum atomic E-state index is -0.930. The highest BCUT2D eigenvalue weighted by Crippen LogP contribution is 2.45. The Kier molecular flexibility index (Phi) is 4.28. The lowest BCUT2D eigenvalue weighted by molar-refractivity contribution is -0.149. The van der Waals surface area contributed by atoms with Crippen LogP contribution in [0, 0.1) is 17.3 Å². The van der Waals surface area contributed by atoms with Crippen molar-refractivity contribution in [1.82, 2.24) is 9.80 Å². The van der Waals surface area contributed by atoms with Crippen LogP contribution in [0.15, 0.2) is 29.2 Å². The molecule has 0 aromatic heterocycles. The number of likely N-dealkylation sites (tertiary alicyclic amines) is 2. The van der Waals surface area contributed by atoms with Gasteiger partial charge in [-0.3, -0.25) is 14.5 Å². The first kappa shape index (κ1) is 16.9. The maximum absolute atomic E-state index is 12.8. The Balaban J connectivity index is 1.52. The quantitative estimate of drug-likeness (QED) is 0.788. The molecule has 134 valence electrons. The average Bonchev–Trinajstić information content (AvgIpc) is 3.28. The third-order valence-corrected chi connectivity index (χ3v) is 6.72. The monoisotopic (exact) mass is 360 g/mol. The van der Waals surface area contributed by atoms with Crippen molar-refractivity contribution in [3.63, 3.8) is 0 Å². The van der Waals surface area contributed by atoms with Crippen LogP contribution >= 0.6 is 11.8 Å². The highest BCUT2D eigenvalue weighted by Gasteiger charge is 2.62. The van der Waals surface area contributed by atoms with E-state index in [2.05, 4.69) is 23.3 Å². The van der Waals surface area contributed by atoms with Crippen molar-refractivity contribution < 1.29 is 14.7 Å². The van der Waals surface area contributed by atoms with E-state index in [1.807, 2.05) is 17.0 Å². The first-order valence-corrected chi connectivity index (χ1v) is 10.1. The van der Waals surface area contributed by atoms with Gasteiger partial charge in [0.05, 0.1) is 5.92 Å². The van der Waals surface area contributed by atoms with E-state index in [4.69, 9.17) is 0 Å². The number of nitrogens with zero attached hydrogens (tertiary/aromatic N) is 2. The third kappa shape index (κ3) is 2.95. The minimum absolute atomic E-state index is 0.0509. The number of hydrogen-bond acceptors (Lipinski definition) is 4. The van der Waals surface area contributed by atoms with Crippen LogP contribution in [-0.4, -0.2) is 59.2 Å². The summed E-state index contributed by atoms with van der Waals surface area (Å²) in [6, 6.07) is 8.22. The maximum Gasteiger partial charge on any atom is 0.313 e. The van der Waals surface area contributed by atoms with Gasteiger partial charge in [0, 0.05) is 37.6 Å². The lowest BCUT2D eigenvalue weighted by atomic mass is 9.81. The van der Waals surface area contributed by atoms with Gasteiger partial charge in [0.1, 0.15) is 5.41 Å². The van der Waals surface area contributed by atoms with Gasteiger partial charge in [-0.25, -0.2) is 0 Å². The van der Waals surface area contributed by atoms with E-state index < -0.39 is 17.3 Å². The molecule has 3 aliphatic rings. The lowest BCUT2D eigenvalue weighted by Crippen LogP contribution is -2.41. The molecule has 2 aliphatic heterocycles. The smallest absolute Gasteiger partial charge is 0.313 e. The summed E-state index contributed by atoms with van der Waals surface area (Å²) in [5, 5.41) is 9.93. The van der Waals surface area contributed by atoms with E-state index in [1.54, 1.807) is 11.8 Å². The molecule has 4 rings (SSSR count). The van der Waals surface area contributed by atoms with Crippen molar-refractivity contribution in [2.75, 3.05) is 32.4 Å². The molecule has 5 nitrogen and oxygen atoms in total. The Labute approximate surface area is 152 Å². The first-order chi connectivity index (χ1) is 12.0. The zero-order chi connectivity index (χ0) is 17.6. The summed E-state index contributed by atoms with van der Waals surface area (Å²) < 4.78 is 0. The number of fused-ring (bicyclic) bond motifs is 1. The fourth-order valence-corrected chi connectivity index (χ4v) is 4.98. The summed E-state index contributed by atoms with van der Waals surface area (Å²) in [6.45, 7) is 2.85. The van der Waals surface area contributed by atoms with E-state index >= 15 is 0 Å². The summed E-state index contributed by atoms with van der Waals surface area (Å²) in [4.78, 5) is 30.1. The number of carboxylic acids is 1. The predicted octanol–water partition coefficient (Wildman–Crippen LogP) is 2.16. The van der Waals surface area contributed by atoms with Gasteiger partial charge in [-0.1, -0.05) is 18.2 Å². The summed E-state index contributed by atoms with van der Waals surface area (Å²) in [5.41, 5.74) is 0.276. The predicted molar refractivity (Wildman–Crippen MR) is 96.4 cm³/mol. The van der Waals surface area contributed by atoms with Crippen LogP contribution in [0.4, 0.5) is 0 Å². The zero-order valence-corrected chi connectivity index (χ0v) is 15.3. The van der Waals surface area contributed by atoms with Gasteiger partial charge in [-0.15, -0.1) is 11.8 Å². The molecule has 1 saturated carbocycles. The SMILES string of the molecule is CSc1ccccc1CN1CC2C(=O)N(CC3CC3)C[C@@]2(C(=O)O)C1. The van der Waals surface area contributed by atoms with E-state index in [0.29, 0.717) is 32.1 Å². The Morgan fingerprint density at radius 3 is 2.72 bits per heavy atom. The molecule has 1 N–H and O–H groups in total. The number of carboxylic acid groups (broad SMARTS) is 1. The Morgan fingerprint density at radius 1 is 1.32 bits per heavy atom. The lowest BCUT2D eigenvalue weighted by Gasteiger charge is -2.25. The molecule has 25 heavy (non-hydrogen) atoms. The Hall–Kier alpha value is -1.53. The second kappa shape index (κ2) is 6.32. The molecule has 0 bridgehead atoms. The van der Waals surface area contributed by atoms with E-state index in [9.17, 15) is 14.7 Å². The summed E-state index contributed by atoms with van der Waals surface area (Å²) >= 11 is 1.70. The van der Waals surface area contributed by atoms with Gasteiger partial charge >= 0.3 is 5.97 Å². The van der Waals surface area contributed by atoms with Crippen molar-refractivity contribution in [2.24, 2.45) is 17.3 Å². The average molecular weight is 360 g/mol. The maximum atomic E-state index is 12.8. The number of rotatable bonds is 6. The van der Waals surface area contributed by atoms with Crippen LogP contribution in [0.5, 0.6) is 0 Å². The number of aliphatic carboxylic acids is 1. The van der Waals surface area contributed by atoms with Crippen molar-refractivity contribution in [1.29, 1.82) is 0 Å². The van der Waals surface area contributed by atoms with Crippen LogP contribution in [0.1, 0.15) is 18.4 Å². The molecule has 0 radical (unpaired) electrons. The van der Waals surface area contributed by atoms with Gasteiger partial charge in [0.2, 0.25) is 5.91 Å². The van der Waals surface area contributed by atoms with Crippen molar-refractivity contribution in [2.45, 2.75) is 24.3 Å². The summed E-state index contributed by atoms with van der Waals surface area (Å²) in [6.07, 6.45) is 4.40. The summed E-state index contributed by atoms with van der Waals surface area (Å²) in [7, 11) is 0. The fourth-order valence-electron chi connectivity index (χ4n) is 4.37. The number of hydrogen-bond donors (Lipinski definition) is 1. The van der Waals surface area contributed by atoms with Gasteiger partial charge in [0.15, 0.2) is 0 Å². The van der Waals surface area contributed by atoms with E-state index in [0.717, 1.165) is 6.54 Å². The number of thioether (sulfide) groups is 1. The molecule has 6 heteroatoms. The van der Waals surface area contributed by atoms with E-state index in [1.165, 1.54) is 23.3 Å². The first-order valence-electron chi connectivity index (χ1n) is 8.90. The van der Waals surface area contributed by atoms with Crippen LogP contribution in [0.2, 0.25) is 0 Å². The van der Waals surface area contributed by atoms with Crippen LogP contribution in [0.3, 0.4) is 0 Å². The number of benzene rings is 1. The normalized spacial score (nSPS) is 29.2. The largest absolute Gasteiger partial charge is 0.481 e. The number of amides is 1. The molecule has 0 spiro atoms. The molecule has 2 saturated heterocycles. The molecule has 1 aliphatic carbocycles. The molecule has 2 heterocycles. The number of carbonyl (C=O) groups is 2. The molecule has 1 amide bonds. The van der Waals surface area contributed by atoms with Crippen molar-refractivity contribution in [3.05, 3.63) is 29.8 Å². The summed E-state index contributed by atoms with van der Waals surface area (Å²) in [5.74, 6) is -0.567. The molecule has 3 fully saturated rings. The minimum Gasteiger partial charge on any atom is -0.481 e. The Morgan fingerprint density at radius 2 is 2.08 bits per heavy atom. The standard InChI is InChI=1S/C19H24N2O3S/c1-25-16-5-3-2-4-14(16)9-20-10-15-17(22)21(8-13-6-7-13)12-19(15,11-20)18(23)24/h2-5,13,15H,6-12H2,1H3,(H,23,24)/t15?,19-/m0/s1. The molecular weight excluding hydrogens is 336 g/mol. The van der Waals surface area contributed by atoms with Gasteiger partial charge < -0.3 is 10.0 Å². The van der Waals surface area contributed by atoms with Crippen LogP contribution in [0.25, 0.3) is 0 Å². The van der Waals surface area contributed by atoms with Gasteiger partial charge in [-0.2, -0.15) is 0 Å². The zero-order valence-electron chi connectivity index (χ0n) is 14.5. The third-order valence-electron chi connectivity index (χ3n) is 5.88. The highest BCUT2D eigenvalue weighted by molar-refractivity contribution is 7.98. The Bertz CT molecular complexity index is 706. The topological polar surface area (TPSA) is 60.9 Å².